The number of alkyl halides is 3. The predicted octanol–water partition coefficient (Wildman–Crippen LogP) is 2.85. The van der Waals surface area contributed by atoms with E-state index in [-0.39, 0.29) is 11.5 Å². The first kappa shape index (κ1) is 24.6. The Labute approximate surface area is 187 Å². The number of aliphatic carboxylic acids is 1. The lowest BCUT2D eigenvalue weighted by Gasteiger charge is -2.50. The fourth-order valence-electron chi connectivity index (χ4n) is 3.82. The molecule has 4 heterocycles. The number of amides is 1. The fourth-order valence-corrected chi connectivity index (χ4v) is 3.82. The molecule has 2 aromatic heterocycles. The van der Waals surface area contributed by atoms with E-state index in [0.29, 0.717) is 43.7 Å². The molecule has 12 heteroatoms. The molecule has 2 fully saturated rings. The van der Waals surface area contributed by atoms with Gasteiger partial charge in [-0.15, -0.1) is 0 Å². The van der Waals surface area contributed by atoms with Crippen LogP contribution in [0.1, 0.15) is 34.8 Å². The third kappa shape index (κ3) is 6.08. The lowest BCUT2D eigenvalue weighted by Crippen LogP contribution is -2.66. The second-order valence-electron chi connectivity index (χ2n) is 7.79. The summed E-state index contributed by atoms with van der Waals surface area (Å²) < 4.78 is 48.7. The first-order chi connectivity index (χ1) is 15.6. The summed E-state index contributed by atoms with van der Waals surface area (Å²) >= 11 is 0. The lowest BCUT2D eigenvalue weighted by molar-refractivity contribution is -0.192. The molecule has 180 valence electrons. The normalized spacial score (nSPS) is 19.0. The van der Waals surface area contributed by atoms with Gasteiger partial charge in [0.1, 0.15) is 5.60 Å². The third-order valence-electron chi connectivity index (χ3n) is 5.57. The van der Waals surface area contributed by atoms with E-state index < -0.39 is 12.1 Å². The molecule has 1 N–H and O–H groups in total. The van der Waals surface area contributed by atoms with Crippen LogP contribution in [0.2, 0.25) is 0 Å². The van der Waals surface area contributed by atoms with Crippen LogP contribution >= 0.6 is 0 Å². The van der Waals surface area contributed by atoms with Crippen molar-refractivity contribution in [3.8, 4) is 0 Å². The molecule has 0 aliphatic carbocycles. The Kier molecular flexibility index (Phi) is 7.69. The van der Waals surface area contributed by atoms with Gasteiger partial charge in [-0.2, -0.15) is 13.2 Å². The average Bonchev–Trinajstić information content (AvgIpc) is 3.36. The summed E-state index contributed by atoms with van der Waals surface area (Å²) in [4.78, 5) is 31.4. The van der Waals surface area contributed by atoms with Gasteiger partial charge in [0.05, 0.1) is 31.1 Å². The number of carbonyl (C=O) groups excluding carboxylic acids is 1. The number of hydrogen-bond acceptors (Lipinski definition) is 7. The molecule has 2 aliphatic rings. The zero-order valence-electron chi connectivity index (χ0n) is 17.9. The number of ether oxygens (including phenoxy) is 2. The first-order valence-corrected chi connectivity index (χ1v) is 10.2. The van der Waals surface area contributed by atoms with Gasteiger partial charge in [-0.3, -0.25) is 9.78 Å². The Bertz CT molecular complexity index is 944. The van der Waals surface area contributed by atoms with Crippen molar-refractivity contribution in [1.82, 2.24) is 14.9 Å². The molecular formula is C21H24F3N3O6. The maximum atomic E-state index is 12.5. The van der Waals surface area contributed by atoms with Gasteiger partial charge >= 0.3 is 12.1 Å². The van der Waals surface area contributed by atoms with E-state index in [1.807, 2.05) is 18.2 Å². The van der Waals surface area contributed by atoms with Crippen LogP contribution in [0.3, 0.4) is 0 Å². The van der Waals surface area contributed by atoms with Crippen LogP contribution in [0, 0.1) is 12.8 Å². The van der Waals surface area contributed by atoms with Crippen LogP contribution in [0.5, 0.6) is 0 Å². The van der Waals surface area contributed by atoms with Gasteiger partial charge in [0.15, 0.2) is 6.39 Å². The highest BCUT2D eigenvalue weighted by Gasteiger charge is 2.54. The second-order valence-corrected chi connectivity index (χ2v) is 7.79. The molecule has 2 saturated heterocycles. The molecular weight excluding hydrogens is 447 g/mol. The molecule has 1 amide bonds. The van der Waals surface area contributed by atoms with Crippen LogP contribution in [0.4, 0.5) is 13.2 Å². The maximum absolute atomic E-state index is 12.5. The Balaban J connectivity index is 0.000000383. The minimum Gasteiger partial charge on any atom is -0.475 e. The number of likely N-dealkylation sites (tertiary alicyclic amines) is 1. The van der Waals surface area contributed by atoms with E-state index in [1.54, 1.807) is 18.0 Å². The molecule has 2 aromatic rings. The monoisotopic (exact) mass is 471 g/mol. The highest BCUT2D eigenvalue weighted by Crippen LogP contribution is 2.42. The number of carbonyl (C=O) groups is 2. The van der Waals surface area contributed by atoms with Crippen molar-refractivity contribution < 1.29 is 41.8 Å². The summed E-state index contributed by atoms with van der Waals surface area (Å²) in [6.45, 7) is 4.93. The summed E-state index contributed by atoms with van der Waals surface area (Å²) in [7, 11) is 0. The molecule has 0 aromatic carbocycles. The highest BCUT2D eigenvalue weighted by molar-refractivity contribution is 5.93. The minimum atomic E-state index is -5.08. The number of pyridine rings is 1. The van der Waals surface area contributed by atoms with Crippen LogP contribution in [-0.4, -0.2) is 69.9 Å². The van der Waals surface area contributed by atoms with Crippen molar-refractivity contribution in [2.45, 2.75) is 38.1 Å². The number of halogens is 3. The Morgan fingerprint density at radius 2 is 2.03 bits per heavy atom. The minimum absolute atomic E-state index is 0.105. The van der Waals surface area contributed by atoms with E-state index >= 15 is 0 Å². The molecule has 0 radical (unpaired) electrons. The zero-order valence-corrected chi connectivity index (χ0v) is 17.9. The van der Waals surface area contributed by atoms with E-state index in [1.165, 1.54) is 6.39 Å². The first-order valence-electron chi connectivity index (χ1n) is 10.2. The number of aromatic nitrogens is 2. The number of carboxylic acids is 1. The summed E-state index contributed by atoms with van der Waals surface area (Å²) in [5, 5.41) is 7.12. The van der Waals surface area contributed by atoms with Gasteiger partial charge in [-0.1, -0.05) is 6.07 Å². The molecule has 1 unspecified atom stereocenters. The molecule has 33 heavy (non-hydrogen) atoms. The molecule has 2 aliphatic heterocycles. The number of rotatable bonds is 6. The van der Waals surface area contributed by atoms with Crippen molar-refractivity contribution in [3.63, 3.8) is 0 Å². The van der Waals surface area contributed by atoms with E-state index in [4.69, 9.17) is 23.8 Å². The predicted molar refractivity (Wildman–Crippen MR) is 106 cm³/mol. The van der Waals surface area contributed by atoms with E-state index in [0.717, 1.165) is 25.1 Å². The summed E-state index contributed by atoms with van der Waals surface area (Å²) in [6, 6.07) is 5.82. The topological polar surface area (TPSA) is 115 Å². The standard InChI is InChI=1S/C19H23N3O4.C2HF3O2/c1-14-17(25-13-21-14)18(23)22-11-19(12-22)15(6-9-26-19)5-8-24-10-16-4-2-3-7-20-16;3-2(4,5)1(6)7/h2-4,7,13,15H,5-6,8-12H2,1H3;(H,6,7). The van der Waals surface area contributed by atoms with Crippen LogP contribution < -0.4 is 0 Å². The van der Waals surface area contributed by atoms with Crippen molar-refractivity contribution >= 4 is 11.9 Å². The number of oxazole rings is 1. The second kappa shape index (κ2) is 10.3. The van der Waals surface area contributed by atoms with E-state index in [2.05, 4.69) is 9.97 Å². The summed E-state index contributed by atoms with van der Waals surface area (Å²) in [6.07, 6.45) is -0.0623. The van der Waals surface area contributed by atoms with Crippen LogP contribution in [0.15, 0.2) is 35.2 Å². The molecule has 9 nitrogen and oxygen atoms in total. The zero-order chi connectivity index (χ0) is 24.1. The van der Waals surface area contributed by atoms with Crippen molar-refractivity contribution in [2.75, 3.05) is 26.3 Å². The largest absolute Gasteiger partial charge is 0.490 e. The number of carboxylic acid groups (broad SMARTS) is 1. The number of nitrogens with zero attached hydrogens (tertiary/aromatic N) is 3. The molecule has 4 rings (SSSR count). The Morgan fingerprint density at radius 3 is 2.61 bits per heavy atom. The quantitative estimate of drug-likeness (QED) is 0.640. The SMILES string of the molecule is Cc1ncoc1C(=O)N1CC2(C1)OCCC2CCOCc1ccccn1.O=C(O)C(F)(F)F. The van der Waals surface area contributed by atoms with Gasteiger partial charge in [0.2, 0.25) is 5.76 Å². The summed E-state index contributed by atoms with van der Waals surface area (Å²) in [5.41, 5.74) is 1.34. The summed E-state index contributed by atoms with van der Waals surface area (Å²) in [5.74, 6) is -2.13. The van der Waals surface area contributed by atoms with Crippen LogP contribution in [-0.2, 0) is 20.9 Å². The Hall–Kier alpha value is -2.99. The maximum Gasteiger partial charge on any atom is 0.490 e. The van der Waals surface area contributed by atoms with Gasteiger partial charge in [0, 0.05) is 19.4 Å². The molecule has 1 atom stereocenters. The third-order valence-corrected chi connectivity index (χ3v) is 5.57. The van der Waals surface area contributed by atoms with Gasteiger partial charge < -0.3 is 23.9 Å². The number of hydrogen-bond donors (Lipinski definition) is 1. The average molecular weight is 471 g/mol. The molecule has 0 saturated carbocycles. The van der Waals surface area contributed by atoms with Crippen molar-refractivity contribution in [2.24, 2.45) is 5.92 Å². The Morgan fingerprint density at radius 1 is 1.30 bits per heavy atom. The van der Waals surface area contributed by atoms with E-state index in [9.17, 15) is 18.0 Å². The number of aryl methyl sites for hydroxylation is 1. The van der Waals surface area contributed by atoms with Crippen LogP contribution in [0.25, 0.3) is 0 Å². The molecule has 1 spiro atoms. The van der Waals surface area contributed by atoms with Gasteiger partial charge in [-0.25, -0.2) is 9.78 Å². The van der Waals surface area contributed by atoms with Gasteiger partial charge in [-0.05, 0) is 37.8 Å². The lowest BCUT2D eigenvalue weighted by atomic mass is 9.79. The van der Waals surface area contributed by atoms with Crippen molar-refractivity contribution in [3.05, 3.63) is 47.9 Å². The highest BCUT2D eigenvalue weighted by atomic mass is 19.4. The smallest absolute Gasteiger partial charge is 0.475 e. The molecule has 0 bridgehead atoms. The fraction of sp³-hybridized carbons (Fsp3) is 0.524. The van der Waals surface area contributed by atoms with Gasteiger partial charge in [0.25, 0.3) is 5.91 Å². The van der Waals surface area contributed by atoms with Crippen molar-refractivity contribution in [1.29, 1.82) is 0 Å².